The predicted octanol–water partition coefficient (Wildman–Crippen LogP) is 4.19. The third kappa shape index (κ3) is 2.97. The van der Waals surface area contributed by atoms with Crippen LogP contribution in [0.25, 0.3) is 0 Å². The van der Waals surface area contributed by atoms with Crippen LogP contribution < -0.4 is 5.73 Å². The van der Waals surface area contributed by atoms with Gasteiger partial charge in [-0.25, -0.2) is 4.39 Å². The van der Waals surface area contributed by atoms with Crippen LogP contribution in [0.3, 0.4) is 0 Å². The smallest absolute Gasteiger partial charge is 0.173 e. The maximum Gasteiger partial charge on any atom is 0.173 e. The molecule has 0 bridgehead atoms. The van der Waals surface area contributed by atoms with Gasteiger partial charge in [0.1, 0.15) is 5.82 Å². The molecule has 2 rings (SSSR count). The predicted molar refractivity (Wildman–Crippen MR) is 71.1 cm³/mol. The third-order valence-electron chi connectivity index (χ3n) is 2.49. The number of halogens is 3. The normalized spacial score (nSPS) is 12.7. The summed E-state index contributed by atoms with van der Waals surface area (Å²) in [5.74, 6) is -0.247. The molecule has 0 fully saturated rings. The number of furan rings is 1. The number of hydrogen-bond acceptors (Lipinski definition) is 2. The zero-order valence-electron chi connectivity index (χ0n) is 8.79. The molecule has 0 aliphatic rings. The minimum Gasteiger partial charge on any atom is -0.457 e. The maximum atomic E-state index is 13.6. The molecule has 0 radical (unpaired) electrons. The minimum atomic E-state index is -0.299. The van der Waals surface area contributed by atoms with Crippen LogP contribution in [0.15, 0.2) is 44.1 Å². The molecular weight excluding hydrogens is 353 g/mol. The lowest BCUT2D eigenvalue weighted by atomic mass is 10.0. The number of hydrogen-bond donors (Lipinski definition) is 1. The van der Waals surface area contributed by atoms with Crippen LogP contribution in [-0.4, -0.2) is 0 Å². The first kappa shape index (κ1) is 12.8. The Balaban J connectivity index is 2.21. The highest BCUT2D eigenvalue weighted by atomic mass is 79.9. The molecule has 2 N–H and O–H groups in total. The largest absolute Gasteiger partial charge is 0.457 e. The molecule has 0 saturated heterocycles. The zero-order valence-corrected chi connectivity index (χ0v) is 12.0. The van der Waals surface area contributed by atoms with E-state index in [1.54, 1.807) is 24.5 Å². The lowest BCUT2D eigenvalue weighted by Gasteiger charge is -2.11. The van der Waals surface area contributed by atoms with Crippen molar-refractivity contribution in [2.75, 3.05) is 0 Å². The molecule has 90 valence electrons. The molecule has 1 aromatic heterocycles. The van der Waals surface area contributed by atoms with Gasteiger partial charge >= 0.3 is 0 Å². The molecule has 0 spiro atoms. The Bertz CT molecular complexity index is 527. The summed E-state index contributed by atoms with van der Waals surface area (Å²) >= 11 is 6.58. The first-order valence-corrected chi connectivity index (χ1v) is 6.59. The van der Waals surface area contributed by atoms with Gasteiger partial charge in [-0.3, -0.25) is 0 Å². The van der Waals surface area contributed by atoms with Crippen LogP contribution in [0.4, 0.5) is 4.39 Å². The highest BCUT2D eigenvalue weighted by Gasteiger charge is 2.15. The summed E-state index contributed by atoms with van der Waals surface area (Å²) in [5, 5.41) is 0. The van der Waals surface area contributed by atoms with Crippen molar-refractivity contribution in [2.24, 2.45) is 5.73 Å². The Morgan fingerprint density at radius 3 is 2.71 bits per heavy atom. The summed E-state index contributed by atoms with van der Waals surface area (Å²) in [6.07, 6.45) is 1.97. The fourth-order valence-corrected chi connectivity index (χ4v) is 2.56. The van der Waals surface area contributed by atoms with Gasteiger partial charge in [0.05, 0.1) is 6.26 Å². The van der Waals surface area contributed by atoms with Gasteiger partial charge in [0.15, 0.2) is 4.67 Å². The zero-order chi connectivity index (χ0) is 12.4. The Morgan fingerprint density at radius 2 is 2.06 bits per heavy atom. The average Bonchev–Trinajstić information content (AvgIpc) is 2.70. The average molecular weight is 363 g/mol. The molecule has 1 atom stereocenters. The Kier molecular flexibility index (Phi) is 4.01. The van der Waals surface area contributed by atoms with Crippen LogP contribution in [0.1, 0.15) is 17.2 Å². The summed E-state index contributed by atoms with van der Waals surface area (Å²) < 4.78 is 20.1. The molecule has 5 heteroatoms. The van der Waals surface area contributed by atoms with Crippen molar-refractivity contribution in [3.05, 3.63) is 56.6 Å². The highest BCUT2D eigenvalue weighted by molar-refractivity contribution is 9.10. The second-order valence-electron chi connectivity index (χ2n) is 3.70. The monoisotopic (exact) mass is 361 g/mol. The van der Waals surface area contributed by atoms with E-state index in [0.29, 0.717) is 16.7 Å². The van der Waals surface area contributed by atoms with Crippen LogP contribution in [0.5, 0.6) is 0 Å². The van der Waals surface area contributed by atoms with E-state index in [9.17, 15) is 4.39 Å². The summed E-state index contributed by atoms with van der Waals surface area (Å²) in [4.78, 5) is 0. The van der Waals surface area contributed by atoms with Crippen molar-refractivity contribution in [3.63, 3.8) is 0 Å². The van der Waals surface area contributed by atoms with Crippen molar-refractivity contribution in [1.29, 1.82) is 0 Å². The Hall–Kier alpha value is -0.650. The quantitative estimate of drug-likeness (QED) is 0.889. The van der Waals surface area contributed by atoms with Gasteiger partial charge in [-0.15, -0.1) is 0 Å². The van der Waals surface area contributed by atoms with Gasteiger partial charge in [-0.2, -0.15) is 0 Å². The number of benzene rings is 1. The van der Waals surface area contributed by atoms with E-state index in [1.807, 2.05) is 0 Å². The van der Waals surface area contributed by atoms with Gasteiger partial charge in [0.25, 0.3) is 0 Å². The fourth-order valence-electron chi connectivity index (χ4n) is 1.62. The van der Waals surface area contributed by atoms with Crippen LogP contribution in [-0.2, 0) is 6.42 Å². The lowest BCUT2D eigenvalue weighted by molar-refractivity contribution is 0.529. The molecule has 2 nitrogen and oxygen atoms in total. The molecule has 0 amide bonds. The van der Waals surface area contributed by atoms with E-state index in [2.05, 4.69) is 31.9 Å². The number of nitrogens with two attached hydrogens (primary N) is 1. The van der Waals surface area contributed by atoms with E-state index >= 15 is 0 Å². The van der Waals surface area contributed by atoms with Crippen LogP contribution in [0, 0.1) is 5.82 Å². The summed E-state index contributed by atoms with van der Waals surface area (Å²) in [6, 6.07) is 6.31. The summed E-state index contributed by atoms with van der Waals surface area (Å²) in [7, 11) is 0. The lowest BCUT2D eigenvalue weighted by Crippen LogP contribution is -2.13. The van der Waals surface area contributed by atoms with Gasteiger partial charge in [-0.1, -0.05) is 15.9 Å². The van der Waals surface area contributed by atoms with E-state index in [0.717, 1.165) is 10.0 Å². The van der Waals surface area contributed by atoms with Crippen molar-refractivity contribution >= 4 is 31.9 Å². The molecular formula is C12H10Br2FNO. The molecule has 17 heavy (non-hydrogen) atoms. The fraction of sp³-hybridized carbons (Fsp3) is 0.167. The van der Waals surface area contributed by atoms with Gasteiger partial charge in [0, 0.05) is 16.1 Å². The van der Waals surface area contributed by atoms with Crippen LogP contribution >= 0.6 is 31.9 Å². The molecule has 2 aromatic rings. The number of rotatable bonds is 3. The molecule has 1 aromatic carbocycles. The summed E-state index contributed by atoms with van der Waals surface area (Å²) in [5.41, 5.74) is 7.44. The van der Waals surface area contributed by atoms with Gasteiger partial charge < -0.3 is 10.2 Å². The standard InChI is InChI=1S/C12H10Br2FNO/c13-8-1-2-10(15)7(5-8)6-11(16)9-3-4-17-12(9)14/h1-5,11H,6,16H2. The van der Waals surface area contributed by atoms with Crippen molar-refractivity contribution in [2.45, 2.75) is 12.5 Å². The summed E-state index contributed by atoms with van der Waals surface area (Å²) in [6.45, 7) is 0. The molecule has 0 aliphatic carbocycles. The van der Waals surface area contributed by atoms with Crippen LogP contribution in [0.2, 0.25) is 0 Å². The molecule has 1 heterocycles. The molecule has 1 unspecified atom stereocenters. The first-order valence-electron chi connectivity index (χ1n) is 5.00. The van der Waals surface area contributed by atoms with Crippen molar-refractivity contribution < 1.29 is 8.81 Å². The van der Waals surface area contributed by atoms with Crippen molar-refractivity contribution in [3.8, 4) is 0 Å². The highest BCUT2D eigenvalue weighted by Crippen LogP contribution is 2.27. The maximum absolute atomic E-state index is 13.6. The molecule has 0 saturated carbocycles. The Morgan fingerprint density at radius 1 is 1.29 bits per heavy atom. The van der Waals surface area contributed by atoms with Gasteiger partial charge in [-0.05, 0) is 52.2 Å². The third-order valence-corrected chi connectivity index (χ3v) is 3.63. The van der Waals surface area contributed by atoms with Crippen molar-refractivity contribution in [1.82, 2.24) is 0 Å². The SMILES string of the molecule is NC(Cc1cc(Br)ccc1F)c1ccoc1Br. The second-order valence-corrected chi connectivity index (χ2v) is 5.33. The molecule has 0 aliphatic heterocycles. The minimum absolute atomic E-state index is 0.247. The van der Waals surface area contributed by atoms with E-state index in [1.165, 1.54) is 6.07 Å². The topological polar surface area (TPSA) is 39.2 Å². The van der Waals surface area contributed by atoms with E-state index < -0.39 is 0 Å². The second kappa shape index (κ2) is 5.33. The van der Waals surface area contributed by atoms with E-state index in [4.69, 9.17) is 10.2 Å². The van der Waals surface area contributed by atoms with Gasteiger partial charge in [0.2, 0.25) is 0 Å². The van der Waals surface area contributed by atoms with E-state index in [-0.39, 0.29) is 11.9 Å². The first-order chi connectivity index (χ1) is 8.08. The Labute approximate surface area is 115 Å².